The van der Waals surface area contributed by atoms with Crippen molar-refractivity contribution in [1.82, 2.24) is 25.4 Å². The number of halogens is 1. The summed E-state index contributed by atoms with van der Waals surface area (Å²) in [5.74, 6) is 1.34. The summed E-state index contributed by atoms with van der Waals surface area (Å²) >= 11 is 6.33. The fraction of sp³-hybridized carbons (Fsp3) is 0.250. The van der Waals surface area contributed by atoms with E-state index in [1.165, 1.54) is 0 Å². The first-order chi connectivity index (χ1) is 13.1. The molecule has 138 valence electrons. The maximum Gasteiger partial charge on any atom is 0.253 e. The Labute approximate surface area is 162 Å². The molecule has 1 unspecified atom stereocenters. The van der Waals surface area contributed by atoms with E-state index in [9.17, 15) is 4.79 Å². The van der Waals surface area contributed by atoms with Crippen molar-refractivity contribution in [3.05, 3.63) is 70.5 Å². The number of hydrogen-bond acceptors (Lipinski definition) is 4. The third kappa shape index (κ3) is 3.72. The number of aryl methyl sites for hydroxylation is 1. The Kier molecular flexibility index (Phi) is 4.92. The third-order valence-corrected chi connectivity index (χ3v) is 5.05. The van der Waals surface area contributed by atoms with Crippen LogP contribution in [0.15, 0.2) is 48.5 Å². The van der Waals surface area contributed by atoms with Gasteiger partial charge in [-0.3, -0.25) is 9.89 Å². The van der Waals surface area contributed by atoms with Crippen LogP contribution in [0.3, 0.4) is 0 Å². The average Bonchev–Trinajstić information content (AvgIpc) is 3.14. The van der Waals surface area contributed by atoms with E-state index in [2.05, 4.69) is 20.5 Å². The summed E-state index contributed by atoms with van der Waals surface area (Å²) in [6.07, 6.45) is 0. The highest BCUT2D eigenvalue weighted by atomic mass is 35.5. The number of hydrogen-bond donors (Lipinski definition) is 2. The van der Waals surface area contributed by atoms with Crippen molar-refractivity contribution in [2.75, 3.05) is 19.6 Å². The molecule has 1 aliphatic heterocycles. The Morgan fingerprint density at radius 1 is 1.22 bits per heavy atom. The van der Waals surface area contributed by atoms with E-state index in [1.807, 2.05) is 60.4 Å². The highest BCUT2D eigenvalue weighted by molar-refractivity contribution is 6.31. The lowest BCUT2D eigenvalue weighted by atomic mass is 10.0. The molecule has 0 bridgehead atoms. The fourth-order valence-corrected chi connectivity index (χ4v) is 3.61. The summed E-state index contributed by atoms with van der Waals surface area (Å²) in [7, 11) is 0. The summed E-state index contributed by atoms with van der Waals surface area (Å²) in [5, 5.41) is 11.2. The highest BCUT2D eigenvalue weighted by Gasteiger charge is 2.26. The lowest BCUT2D eigenvalue weighted by Crippen LogP contribution is -2.48. The summed E-state index contributed by atoms with van der Waals surface area (Å²) in [5.41, 5.74) is 2.47. The van der Waals surface area contributed by atoms with Crippen molar-refractivity contribution in [2.24, 2.45) is 0 Å². The molecule has 1 saturated heterocycles. The van der Waals surface area contributed by atoms with Gasteiger partial charge in [-0.05, 0) is 30.7 Å². The molecule has 4 rings (SSSR count). The van der Waals surface area contributed by atoms with Crippen LogP contribution in [-0.2, 0) is 0 Å². The van der Waals surface area contributed by atoms with Crippen LogP contribution in [0.5, 0.6) is 0 Å². The van der Waals surface area contributed by atoms with Gasteiger partial charge >= 0.3 is 0 Å². The number of aromatic nitrogens is 3. The summed E-state index contributed by atoms with van der Waals surface area (Å²) in [6, 6.07) is 15.2. The van der Waals surface area contributed by atoms with Crippen LogP contribution in [0.25, 0.3) is 11.4 Å². The number of rotatable bonds is 3. The Hall–Kier alpha value is -2.70. The number of carbonyl (C=O) groups excluding carboxylic acids is 1. The predicted molar refractivity (Wildman–Crippen MR) is 105 cm³/mol. The molecule has 0 spiro atoms. The molecule has 2 aromatic carbocycles. The number of H-pyrrole nitrogens is 1. The molecule has 1 amide bonds. The second-order valence-corrected chi connectivity index (χ2v) is 7.01. The SMILES string of the molecule is Cc1nc(-c2cccc(C(=O)N3CCNC(c4ccccc4Cl)C3)c2)n[nH]1. The molecule has 2 heterocycles. The van der Waals surface area contributed by atoms with Crippen LogP contribution in [-0.4, -0.2) is 45.6 Å². The van der Waals surface area contributed by atoms with Gasteiger partial charge in [0, 0.05) is 35.8 Å². The van der Waals surface area contributed by atoms with Crippen LogP contribution in [0.2, 0.25) is 5.02 Å². The zero-order chi connectivity index (χ0) is 18.8. The minimum absolute atomic E-state index is 0.00246. The molecular formula is C20H20ClN5O. The molecule has 0 radical (unpaired) electrons. The summed E-state index contributed by atoms with van der Waals surface area (Å²) in [6.45, 7) is 3.80. The van der Waals surface area contributed by atoms with Gasteiger partial charge in [-0.25, -0.2) is 4.98 Å². The van der Waals surface area contributed by atoms with E-state index in [4.69, 9.17) is 11.6 Å². The second kappa shape index (κ2) is 7.50. The number of amides is 1. The van der Waals surface area contributed by atoms with Gasteiger partial charge < -0.3 is 10.2 Å². The van der Waals surface area contributed by atoms with Gasteiger partial charge in [0.2, 0.25) is 0 Å². The monoisotopic (exact) mass is 381 g/mol. The fourth-order valence-electron chi connectivity index (χ4n) is 3.35. The van der Waals surface area contributed by atoms with Gasteiger partial charge in [-0.2, -0.15) is 5.10 Å². The van der Waals surface area contributed by atoms with Gasteiger partial charge in [0.25, 0.3) is 5.91 Å². The Morgan fingerprint density at radius 3 is 2.85 bits per heavy atom. The lowest BCUT2D eigenvalue weighted by Gasteiger charge is -2.34. The van der Waals surface area contributed by atoms with Crippen molar-refractivity contribution >= 4 is 17.5 Å². The Morgan fingerprint density at radius 2 is 2.07 bits per heavy atom. The highest BCUT2D eigenvalue weighted by Crippen LogP contribution is 2.26. The zero-order valence-corrected chi connectivity index (χ0v) is 15.7. The van der Waals surface area contributed by atoms with Crippen LogP contribution in [0.4, 0.5) is 0 Å². The largest absolute Gasteiger partial charge is 0.335 e. The number of carbonyl (C=O) groups is 1. The summed E-state index contributed by atoms with van der Waals surface area (Å²) < 4.78 is 0. The minimum atomic E-state index is 0.00246. The van der Waals surface area contributed by atoms with E-state index in [-0.39, 0.29) is 11.9 Å². The van der Waals surface area contributed by atoms with Crippen molar-refractivity contribution in [1.29, 1.82) is 0 Å². The van der Waals surface area contributed by atoms with Crippen LogP contribution >= 0.6 is 11.6 Å². The Bertz CT molecular complexity index is 970. The van der Waals surface area contributed by atoms with Gasteiger partial charge in [0.1, 0.15) is 5.82 Å². The average molecular weight is 382 g/mol. The predicted octanol–water partition coefficient (Wildman–Crippen LogP) is 3.22. The van der Waals surface area contributed by atoms with Gasteiger partial charge in [-0.15, -0.1) is 0 Å². The first-order valence-electron chi connectivity index (χ1n) is 8.88. The maximum absolute atomic E-state index is 13.1. The third-order valence-electron chi connectivity index (χ3n) is 4.71. The minimum Gasteiger partial charge on any atom is -0.335 e. The Balaban J connectivity index is 1.55. The van der Waals surface area contributed by atoms with E-state index < -0.39 is 0 Å². The summed E-state index contributed by atoms with van der Waals surface area (Å²) in [4.78, 5) is 19.3. The number of nitrogens with one attached hydrogen (secondary N) is 2. The van der Waals surface area contributed by atoms with E-state index >= 15 is 0 Å². The van der Waals surface area contributed by atoms with Crippen molar-refractivity contribution in [3.63, 3.8) is 0 Å². The number of aromatic amines is 1. The molecule has 0 saturated carbocycles. The maximum atomic E-state index is 13.1. The number of piperazine rings is 1. The van der Waals surface area contributed by atoms with E-state index in [1.54, 1.807) is 0 Å². The van der Waals surface area contributed by atoms with E-state index in [0.29, 0.717) is 29.5 Å². The molecule has 7 heteroatoms. The molecule has 1 fully saturated rings. The van der Waals surface area contributed by atoms with Crippen LogP contribution in [0.1, 0.15) is 27.8 Å². The molecular weight excluding hydrogens is 362 g/mol. The van der Waals surface area contributed by atoms with Crippen LogP contribution < -0.4 is 5.32 Å². The molecule has 6 nitrogen and oxygen atoms in total. The quantitative estimate of drug-likeness (QED) is 0.730. The second-order valence-electron chi connectivity index (χ2n) is 6.60. The van der Waals surface area contributed by atoms with Crippen molar-refractivity contribution in [2.45, 2.75) is 13.0 Å². The van der Waals surface area contributed by atoms with Gasteiger partial charge in [0.05, 0.1) is 6.04 Å². The first kappa shape index (κ1) is 17.7. The van der Waals surface area contributed by atoms with E-state index in [0.717, 1.165) is 23.5 Å². The molecule has 1 aromatic heterocycles. The topological polar surface area (TPSA) is 73.9 Å². The normalized spacial score (nSPS) is 17.1. The number of nitrogens with zero attached hydrogens (tertiary/aromatic N) is 3. The molecule has 1 aliphatic rings. The smallest absolute Gasteiger partial charge is 0.253 e. The molecule has 0 aliphatic carbocycles. The van der Waals surface area contributed by atoms with Gasteiger partial charge in [0.15, 0.2) is 5.82 Å². The van der Waals surface area contributed by atoms with Crippen molar-refractivity contribution in [3.8, 4) is 11.4 Å². The van der Waals surface area contributed by atoms with Gasteiger partial charge in [-0.1, -0.05) is 41.9 Å². The van der Waals surface area contributed by atoms with Crippen molar-refractivity contribution < 1.29 is 4.79 Å². The standard InChI is InChI=1S/C20H20ClN5O/c1-13-23-19(25-24-13)14-5-4-6-15(11-14)20(27)26-10-9-22-18(12-26)16-7-2-3-8-17(16)21/h2-8,11,18,22H,9-10,12H2,1H3,(H,23,24,25). The molecule has 2 N–H and O–H groups in total. The first-order valence-corrected chi connectivity index (χ1v) is 9.26. The molecule has 27 heavy (non-hydrogen) atoms. The lowest BCUT2D eigenvalue weighted by molar-refractivity contribution is 0.0703. The molecule has 3 aromatic rings. The molecule has 1 atom stereocenters. The zero-order valence-electron chi connectivity index (χ0n) is 14.9. The van der Waals surface area contributed by atoms with Crippen LogP contribution in [0, 0.1) is 6.92 Å². The number of benzene rings is 2.